The zero-order valence-corrected chi connectivity index (χ0v) is 16.7. The fourth-order valence-corrected chi connectivity index (χ4v) is 3.20. The molecule has 1 unspecified atom stereocenters. The predicted molar refractivity (Wildman–Crippen MR) is 103 cm³/mol. The molecule has 0 radical (unpaired) electrons. The van der Waals surface area contributed by atoms with Gasteiger partial charge in [-0.25, -0.2) is 4.79 Å². The van der Waals surface area contributed by atoms with Gasteiger partial charge in [-0.3, -0.25) is 4.79 Å². The summed E-state index contributed by atoms with van der Waals surface area (Å²) in [6, 6.07) is 10.1. The highest BCUT2D eigenvalue weighted by molar-refractivity contribution is 5.80. The highest BCUT2D eigenvalue weighted by atomic mass is 16.6. The minimum atomic E-state index is -0.523. The van der Waals surface area contributed by atoms with Crippen molar-refractivity contribution in [2.45, 2.75) is 65.6 Å². The Balaban J connectivity index is 2.04. The zero-order chi connectivity index (χ0) is 19.3. The summed E-state index contributed by atoms with van der Waals surface area (Å²) < 4.78 is 5.47. The Labute approximate surface area is 157 Å². The van der Waals surface area contributed by atoms with E-state index in [-0.39, 0.29) is 24.0 Å². The summed E-state index contributed by atoms with van der Waals surface area (Å²) in [4.78, 5) is 29.1. The minimum Gasteiger partial charge on any atom is -0.444 e. The Hall–Kier alpha value is -2.04. The first kappa shape index (κ1) is 20.3. The minimum absolute atomic E-state index is 0.111. The van der Waals surface area contributed by atoms with Crippen molar-refractivity contribution in [3.8, 4) is 0 Å². The van der Waals surface area contributed by atoms with Gasteiger partial charge in [0.15, 0.2) is 0 Å². The fraction of sp³-hybridized carbons (Fsp3) is 0.619. The van der Waals surface area contributed by atoms with E-state index >= 15 is 0 Å². The summed E-state index contributed by atoms with van der Waals surface area (Å²) in [7, 11) is 0. The lowest BCUT2D eigenvalue weighted by Gasteiger charge is -2.37. The van der Waals surface area contributed by atoms with Crippen molar-refractivity contribution in [3.63, 3.8) is 0 Å². The number of amides is 2. The van der Waals surface area contributed by atoms with Gasteiger partial charge in [0.1, 0.15) is 5.60 Å². The molecule has 0 saturated carbocycles. The highest BCUT2D eigenvalue weighted by Gasteiger charge is 2.33. The van der Waals surface area contributed by atoms with Gasteiger partial charge in [-0.1, -0.05) is 30.3 Å². The van der Waals surface area contributed by atoms with Crippen LogP contribution < -0.4 is 0 Å². The van der Waals surface area contributed by atoms with Gasteiger partial charge in [0.2, 0.25) is 5.91 Å². The Bertz CT molecular complexity index is 607. The van der Waals surface area contributed by atoms with E-state index in [0.29, 0.717) is 19.6 Å². The van der Waals surface area contributed by atoms with Gasteiger partial charge in [-0.2, -0.15) is 0 Å². The lowest BCUT2D eigenvalue weighted by molar-refractivity contribution is -0.139. The predicted octanol–water partition coefficient (Wildman–Crippen LogP) is 4.07. The topological polar surface area (TPSA) is 49.9 Å². The Kier molecular flexibility index (Phi) is 6.68. The largest absolute Gasteiger partial charge is 0.444 e. The van der Waals surface area contributed by atoms with E-state index in [0.717, 1.165) is 18.4 Å². The monoisotopic (exact) mass is 360 g/mol. The van der Waals surface area contributed by atoms with Gasteiger partial charge in [0.25, 0.3) is 0 Å². The van der Waals surface area contributed by atoms with Crippen LogP contribution in [0.1, 0.15) is 53.0 Å². The van der Waals surface area contributed by atoms with E-state index in [1.54, 1.807) is 4.90 Å². The molecule has 2 rings (SSSR count). The number of hydrogen-bond donors (Lipinski definition) is 0. The van der Waals surface area contributed by atoms with Crippen LogP contribution in [0.4, 0.5) is 4.79 Å². The summed E-state index contributed by atoms with van der Waals surface area (Å²) in [6.45, 7) is 11.3. The molecule has 0 bridgehead atoms. The van der Waals surface area contributed by atoms with Crippen LogP contribution in [0.15, 0.2) is 30.3 Å². The van der Waals surface area contributed by atoms with Crippen molar-refractivity contribution >= 4 is 12.0 Å². The molecule has 2 amide bonds. The summed E-state index contributed by atoms with van der Waals surface area (Å²) in [5.74, 6) is -0.0421. The molecule has 0 spiro atoms. The molecule has 1 saturated heterocycles. The smallest absolute Gasteiger partial charge is 0.410 e. The molecule has 0 aliphatic carbocycles. The summed E-state index contributed by atoms with van der Waals surface area (Å²) >= 11 is 0. The number of benzene rings is 1. The van der Waals surface area contributed by atoms with E-state index in [4.69, 9.17) is 4.74 Å². The third kappa shape index (κ3) is 5.75. The summed E-state index contributed by atoms with van der Waals surface area (Å²) in [5, 5.41) is 0. The first-order chi connectivity index (χ1) is 12.2. The molecule has 0 aromatic heterocycles. The van der Waals surface area contributed by atoms with Gasteiger partial charge in [0, 0.05) is 25.7 Å². The SMILES string of the molecule is CC(C)N(Cc1ccccc1)C(=O)C1CCCN(C(=O)OC(C)(C)C)C1. The number of likely N-dealkylation sites (tertiary alicyclic amines) is 1. The second kappa shape index (κ2) is 8.56. The molecule has 1 heterocycles. The molecule has 26 heavy (non-hydrogen) atoms. The molecule has 1 aromatic carbocycles. The van der Waals surface area contributed by atoms with Crippen LogP contribution in [-0.4, -0.2) is 46.5 Å². The number of rotatable bonds is 4. The van der Waals surface area contributed by atoms with Crippen molar-refractivity contribution in [2.75, 3.05) is 13.1 Å². The van der Waals surface area contributed by atoms with E-state index in [1.165, 1.54) is 0 Å². The molecule has 0 N–H and O–H groups in total. The third-order valence-electron chi connectivity index (χ3n) is 4.52. The first-order valence-electron chi connectivity index (χ1n) is 9.49. The van der Waals surface area contributed by atoms with Crippen molar-refractivity contribution in [1.82, 2.24) is 9.80 Å². The van der Waals surface area contributed by atoms with E-state index < -0.39 is 5.60 Å². The second-order valence-corrected chi connectivity index (χ2v) is 8.31. The van der Waals surface area contributed by atoms with Crippen LogP contribution in [0.5, 0.6) is 0 Å². The van der Waals surface area contributed by atoms with Crippen molar-refractivity contribution in [1.29, 1.82) is 0 Å². The van der Waals surface area contributed by atoms with Crippen molar-refractivity contribution in [2.24, 2.45) is 5.92 Å². The number of piperidine rings is 1. The summed E-state index contributed by atoms with van der Waals surface area (Å²) in [6.07, 6.45) is 1.32. The quantitative estimate of drug-likeness (QED) is 0.813. The Morgan fingerprint density at radius 1 is 1.23 bits per heavy atom. The van der Waals surface area contributed by atoms with Crippen molar-refractivity contribution in [3.05, 3.63) is 35.9 Å². The standard InChI is InChI=1S/C21H32N2O3/c1-16(2)23(14-17-10-7-6-8-11-17)19(24)18-12-9-13-22(15-18)20(25)26-21(3,4)5/h6-8,10-11,16,18H,9,12-15H2,1-5H3. The molecule has 5 nitrogen and oxygen atoms in total. The van der Waals surface area contributed by atoms with Crippen LogP contribution in [0.2, 0.25) is 0 Å². The van der Waals surface area contributed by atoms with Crippen molar-refractivity contribution < 1.29 is 14.3 Å². The number of nitrogens with zero attached hydrogens (tertiary/aromatic N) is 2. The lowest BCUT2D eigenvalue weighted by Crippen LogP contribution is -2.49. The van der Waals surface area contributed by atoms with Gasteiger partial charge < -0.3 is 14.5 Å². The maximum atomic E-state index is 13.1. The normalized spacial score (nSPS) is 17.9. The summed E-state index contributed by atoms with van der Waals surface area (Å²) in [5.41, 5.74) is 0.597. The average Bonchev–Trinajstić information content (AvgIpc) is 2.58. The van der Waals surface area contributed by atoms with Crippen LogP contribution in [0, 0.1) is 5.92 Å². The van der Waals surface area contributed by atoms with E-state index in [2.05, 4.69) is 0 Å². The fourth-order valence-electron chi connectivity index (χ4n) is 3.20. The number of ether oxygens (including phenoxy) is 1. The lowest BCUT2D eigenvalue weighted by atomic mass is 9.96. The van der Waals surface area contributed by atoms with E-state index in [1.807, 2.05) is 69.9 Å². The van der Waals surface area contributed by atoms with Crippen LogP contribution in [-0.2, 0) is 16.1 Å². The highest BCUT2D eigenvalue weighted by Crippen LogP contribution is 2.23. The molecular weight excluding hydrogens is 328 g/mol. The van der Waals surface area contributed by atoms with Crippen LogP contribution in [0.25, 0.3) is 0 Å². The average molecular weight is 360 g/mol. The number of carbonyl (C=O) groups is 2. The Morgan fingerprint density at radius 2 is 1.88 bits per heavy atom. The first-order valence-corrected chi connectivity index (χ1v) is 9.49. The maximum Gasteiger partial charge on any atom is 0.410 e. The second-order valence-electron chi connectivity index (χ2n) is 8.31. The van der Waals surface area contributed by atoms with E-state index in [9.17, 15) is 9.59 Å². The van der Waals surface area contributed by atoms with Gasteiger partial charge >= 0.3 is 6.09 Å². The molecule has 5 heteroatoms. The number of carbonyl (C=O) groups excluding carboxylic acids is 2. The zero-order valence-electron chi connectivity index (χ0n) is 16.7. The molecule has 1 fully saturated rings. The molecule has 1 aliphatic rings. The van der Waals surface area contributed by atoms with Gasteiger partial charge in [-0.15, -0.1) is 0 Å². The Morgan fingerprint density at radius 3 is 2.46 bits per heavy atom. The molecule has 1 atom stereocenters. The maximum absolute atomic E-state index is 13.1. The molecule has 1 aromatic rings. The number of hydrogen-bond acceptors (Lipinski definition) is 3. The molecule has 1 aliphatic heterocycles. The van der Waals surface area contributed by atoms with Gasteiger partial charge in [0.05, 0.1) is 5.92 Å². The third-order valence-corrected chi connectivity index (χ3v) is 4.52. The van der Waals surface area contributed by atoms with Crippen LogP contribution >= 0.6 is 0 Å². The van der Waals surface area contributed by atoms with Gasteiger partial charge in [-0.05, 0) is 53.0 Å². The molecule has 144 valence electrons. The van der Waals surface area contributed by atoms with Crippen LogP contribution in [0.3, 0.4) is 0 Å². The molecular formula is C21H32N2O3.